The fourth-order valence-corrected chi connectivity index (χ4v) is 3.62. The summed E-state index contributed by atoms with van der Waals surface area (Å²) in [4.78, 5) is 10.9. The number of aromatic carboxylic acids is 1. The Kier molecular flexibility index (Phi) is 2.76. The molecule has 20 heavy (non-hydrogen) atoms. The summed E-state index contributed by atoms with van der Waals surface area (Å²) in [5.74, 6) is -0.762. The van der Waals surface area contributed by atoms with Gasteiger partial charge in [0, 0.05) is 5.56 Å². The van der Waals surface area contributed by atoms with Crippen molar-refractivity contribution in [2.45, 2.75) is 10.6 Å². The number of sulfone groups is 1. The van der Waals surface area contributed by atoms with Gasteiger partial charge in [-0.2, -0.15) is 0 Å². The summed E-state index contributed by atoms with van der Waals surface area (Å²) in [6.45, 7) is 0. The molecule has 1 N–H and O–H groups in total. The number of hydrogen-bond donors (Lipinski definition) is 1. The molecule has 102 valence electrons. The van der Waals surface area contributed by atoms with Gasteiger partial charge < -0.3 is 9.84 Å². The van der Waals surface area contributed by atoms with E-state index < -0.39 is 15.8 Å². The number of fused-ring (bicyclic) bond motifs is 2. The van der Waals surface area contributed by atoms with Crippen molar-refractivity contribution in [2.24, 2.45) is 0 Å². The first-order valence-corrected chi connectivity index (χ1v) is 7.48. The zero-order chi connectivity index (χ0) is 14.3. The zero-order valence-corrected chi connectivity index (χ0v) is 11.1. The van der Waals surface area contributed by atoms with Crippen LogP contribution in [-0.2, 0) is 15.6 Å². The molecule has 2 aromatic carbocycles. The van der Waals surface area contributed by atoms with Gasteiger partial charge in [-0.1, -0.05) is 18.2 Å². The van der Waals surface area contributed by atoms with Crippen LogP contribution in [0.4, 0.5) is 0 Å². The first-order chi connectivity index (χ1) is 9.47. The molecule has 5 nitrogen and oxygen atoms in total. The minimum Gasteiger partial charge on any atom is -0.478 e. The normalized spacial score (nSPS) is 15.4. The van der Waals surface area contributed by atoms with Crippen LogP contribution >= 0.6 is 0 Å². The molecule has 0 bridgehead atoms. The first kappa shape index (κ1) is 12.7. The summed E-state index contributed by atoms with van der Waals surface area (Å²) < 4.78 is 30.3. The first-order valence-electron chi connectivity index (χ1n) is 5.83. The molecule has 1 heterocycles. The SMILES string of the molecule is O=C(O)c1ccc2c(c1)S(=O)(=O)Cc1ccccc1O2. The monoisotopic (exact) mass is 290 g/mol. The Balaban J connectivity index is 2.24. The molecular formula is C14H10O5S. The lowest BCUT2D eigenvalue weighted by atomic mass is 10.2. The molecule has 3 rings (SSSR count). The van der Waals surface area contributed by atoms with Gasteiger partial charge in [0.05, 0.1) is 11.3 Å². The number of carbonyl (C=O) groups is 1. The maximum atomic E-state index is 12.4. The average Bonchev–Trinajstić information content (AvgIpc) is 2.51. The second kappa shape index (κ2) is 4.35. The number of para-hydroxylation sites is 1. The standard InChI is InChI=1S/C14H10O5S/c15-14(16)9-5-6-12-13(7-9)20(17,18)8-10-3-1-2-4-11(10)19-12/h1-7H,8H2,(H,15,16). The summed E-state index contributed by atoms with van der Waals surface area (Å²) in [5, 5.41) is 8.96. The third-order valence-electron chi connectivity index (χ3n) is 3.06. The fourth-order valence-electron chi connectivity index (χ4n) is 2.09. The van der Waals surface area contributed by atoms with E-state index in [4.69, 9.17) is 9.84 Å². The molecule has 0 aromatic heterocycles. The van der Waals surface area contributed by atoms with Crippen LogP contribution in [0.5, 0.6) is 11.5 Å². The van der Waals surface area contributed by atoms with E-state index in [1.165, 1.54) is 12.1 Å². The van der Waals surface area contributed by atoms with Crippen LogP contribution in [0, 0.1) is 0 Å². The molecule has 1 aliphatic rings. The van der Waals surface area contributed by atoms with Gasteiger partial charge in [0.25, 0.3) is 0 Å². The Hall–Kier alpha value is -2.34. The van der Waals surface area contributed by atoms with Gasteiger partial charge in [-0.25, -0.2) is 13.2 Å². The van der Waals surface area contributed by atoms with Gasteiger partial charge in [-0.3, -0.25) is 0 Å². The van der Waals surface area contributed by atoms with E-state index in [-0.39, 0.29) is 22.0 Å². The molecular weight excluding hydrogens is 280 g/mol. The Bertz CT molecular complexity index is 808. The Morgan fingerprint density at radius 3 is 2.60 bits per heavy atom. The van der Waals surface area contributed by atoms with E-state index in [0.29, 0.717) is 11.3 Å². The predicted molar refractivity (Wildman–Crippen MR) is 70.8 cm³/mol. The van der Waals surface area contributed by atoms with Crippen LogP contribution in [0.3, 0.4) is 0 Å². The lowest BCUT2D eigenvalue weighted by Gasteiger charge is -2.08. The number of carboxylic acid groups (broad SMARTS) is 1. The van der Waals surface area contributed by atoms with Crippen LogP contribution in [0.25, 0.3) is 0 Å². The third-order valence-corrected chi connectivity index (χ3v) is 4.74. The maximum Gasteiger partial charge on any atom is 0.335 e. The molecule has 0 fully saturated rings. The average molecular weight is 290 g/mol. The summed E-state index contributed by atoms with van der Waals surface area (Å²) >= 11 is 0. The van der Waals surface area contributed by atoms with Crippen molar-refractivity contribution in [3.8, 4) is 11.5 Å². The van der Waals surface area contributed by atoms with E-state index in [1.54, 1.807) is 24.3 Å². The molecule has 1 aliphatic heterocycles. The molecule has 0 radical (unpaired) electrons. The van der Waals surface area contributed by atoms with E-state index in [1.807, 2.05) is 0 Å². The summed E-state index contributed by atoms with van der Waals surface area (Å²) in [7, 11) is -3.64. The second-order valence-corrected chi connectivity index (χ2v) is 6.39. The molecule has 0 saturated carbocycles. The highest BCUT2D eigenvalue weighted by Gasteiger charge is 2.27. The van der Waals surface area contributed by atoms with Gasteiger partial charge in [0.15, 0.2) is 9.84 Å². The smallest absolute Gasteiger partial charge is 0.335 e. The lowest BCUT2D eigenvalue weighted by molar-refractivity contribution is 0.0696. The second-order valence-electron chi connectivity index (χ2n) is 4.44. The summed E-state index contributed by atoms with van der Waals surface area (Å²) in [5.41, 5.74) is 0.474. The maximum absolute atomic E-state index is 12.4. The van der Waals surface area contributed by atoms with E-state index in [9.17, 15) is 13.2 Å². The minimum atomic E-state index is -3.64. The van der Waals surface area contributed by atoms with E-state index in [0.717, 1.165) is 6.07 Å². The number of carboxylic acids is 1. The molecule has 0 spiro atoms. The van der Waals surface area contributed by atoms with Crippen molar-refractivity contribution < 1.29 is 23.1 Å². The van der Waals surface area contributed by atoms with Crippen molar-refractivity contribution in [3.63, 3.8) is 0 Å². The number of hydrogen-bond acceptors (Lipinski definition) is 4. The highest BCUT2D eigenvalue weighted by molar-refractivity contribution is 7.90. The predicted octanol–water partition coefficient (Wildman–Crippen LogP) is 2.46. The van der Waals surface area contributed by atoms with Crippen LogP contribution in [0.1, 0.15) is 15.9 Å². The lowest BCUT2D eigenvalue weighted by Crippen LogP contribution is -2.05. The topological polar surface area (TPSA) is 80.7 Å². The molecule has 0 unspecified atom stereocenters. The largest absolute Gasteiger partial charge is 0.478 e. The van der Waals surface area contributed by atoms with Gasteiger partial charge in [0.1, 0.15) is 16.4 Å². The molecule has 0 amide bonds. The van der Waals surface area contributed by atoms with Crippen LogP contribution in [-0.4, -0.2) is 19.5 Å². The minimum absolute atomic E-state index is 0.0816. The summed E-state index contributed by atoms with van der Waals surface area (Å²) in [6, 6.07) is 10.7. The zero-order valence-electron chi connectivity index (χ0n) is 10.2. The number of ether oxygens (including phenoxy) is 1. The van der Waals surface area contributed by atoms with Crippen molar-refractivity contribution >= 4 is 15.8 Å². The molecule has 2 aromatic rings. The number of rotatable bonds is 1. The van der Waals surface area contributed by atoms with Crippen LogP contribution in [0.15, 0.2) is 47.4 Å². The van der Waals surface area contributed by atoms with Crippen molar-refractivity contribution in [1.29, 1.82) is 0 Å². The van der Waals surface area contributed by atoms with Crippen LogP contribution < -0.4 is 4.74 Å². The highest BCUT2D eigenvalue weighted by Crippen LogP contribution is 2.37. The molecule has 0 saturated heterocycles. The Morgan fingerprint density at radius 2 is 1.85 bits per heavy atom. The van der Waals surface area contributed by atoms with Crippen molar-refractivity contribution in [3.05, 3.63) is 53.6 Å². The molecule has 6 heteroatoms. The Morgan fingerprint density at radius 1 is 1.10 bits per heavy atom. The van der Waals surface area contributed by atoms with Gasteiger partial charge in [-0.15, -0.1) is 0 Å². The fraction of sp³-hybridized carbons (Fsp3) is 0.0714. The van der Waals surface area contributed by atoms with Crippen LogP contribution in [0.2, 0.25) is 0 Å². The molecule has 0 atom stereocenters. The summed E-state index contributed by atoms with van der Waals surface area (Å²) in [6.07, 6.45) is 0. The van der Waals surface area contributed by atoms with E-state index >= 15 is 0 Å². The third kappa shape index (κ3) is 2.04. The van der Waals surface area contributed by atoms with Gasteiger partial charge in [-0.05, 0) is 24.3 Å². The highest BCUT2D eigenvalue weighted by atomic mass is 32.2. The van der Waals surface area contributed by atoms with Gasteiger partial charge in [0.2, 0.25) is 0 Å². The Labute approximate surface area is 115 Å². The van der Waals surface area contributed by atoms with E-state index in [2.05, 4.69) is 0 Å². The quantitative estimate of drug-likeness (QED) is 0.872. The molecule has 0 aliphatic carbocycles. The van der Waals surface area contributed by atoms with Gasteiger partial charge >= 0.3 is 5.97 Å². The van der Waals surface area contributed by atoms with Crippen molar-refractivity contribution in [2.75, 3.05) is 0 Å². The number of benzene rings is 2. The van der Waals surface area contributed by atoms with Crippen molar-refractivity contribution in [1.82, 2.24) is 0 Å².